The molecule has 0 atom stereocenters. The quantitative estimate of drug-likeness (QED) is 0.108. The number of phenolic OH excluding ortho intramolecular Hbond substituents is 1. The number of phenols is 1. The summed E-state index contributed by atoms with van der Waals surface area (Å²) in [5.74, 6) is 0.977. The molecule has 0 saturated carbocycles. The first-order valence-corrected chi connectivity index (χ1v) is 15.8. The number of amides is 1. The maximum Gasteiger partial charge on any atom is 0.338 e. The van der Waals surface area contributed by atoms with Gasteiger partial charge in [-0.15, -0.1) is 0 Å². The van der Waals surface area contributed by atoms with Gasteiger partial charge in [-0.1, -0.05) is 58.9 Å². The number of hydrogen-bond donors (Lipinski definition) is 2. The molecule has 0 fully saturated rings. The molecule has 8 heteroatoms. The van der Waals surface area contributed by atoms with E-state index < -0.39 is 0 Å². The van der Waals surface area contributed by atoms with E-state index in [4.69, 9.17) is 14.2 Å². The Kier molecular flexibility index (Phi) is 17.8. The smallest absolute Gasteiger partial charge is 0.338 e. The monoisotopic (exact) mass is 584 g/mol. The molecule has 42 heavy (non-hydrogen) atoms. The van der Waals surface area contributed by atoms with Gasteiger partial charge in [0.2, 0.25) is 5.91 Å². The number of aromatic hydroxyl groups is 1. The molecule has 0 aliphatic rings. The van der Waals surface area contributed by atoms with Gasteiger partial charge in [0.15, 0.2) is 11.5 Å². The van der Waals surface area contributed by atoms with Crippen molar-refractivity contribution in [3.05, 3.63) is 53.6 Å². The Hall–Kier alpha value is -3.26. The summed E-state index contributed by atoms with van der Waals surface area (Å²) >= 11 is 0. The maximum atomic E-state index is 12.2. The fourth-order valence-electron chi connectivity index (χ4n) is 4.47. The van der Waals surface area contributed by atoms with Crippen molar-refractivity contribution in [1.29, 1.82) is 0 Å². The molecule has 0 heterocycles. The molecule has 2 rings (SSSR count). The van der Waals surface area contributed by atoms with Crippen LogP contribution in [0.1, 0.15) is 101 Å². The minimum absolute atomic E-state index is 0.0584. The Morgan fingerprint density at radius 3 is 2.17 bits per heavy atom. The molecular formula is C34H52N2O6. The van der Waals surface area contributed by atoms with E-state index in [1.54, 1.807) is 42.5 Å². The van der Waals surface area contributed by atoms with Crippen LogP contribution in [-0.4, -0.2) is 61.3 Å². The van der Waals surface area contributed by atoms with E-state index in [1.165, 1.54) is 25.7 Å². The molecule has 1 amide bonds. The first-order chi connectivity index (χ1) is 20.5. The van der Waals surface area contributed by atoms with Gasteiger partial charge in [0.1, 0.15) is 12.4 Å². The molecule has 0 aliphatic carbocycles. The summed E-state index contributed by atoms with van der Waals surface area (Å²) in [5.41, 5.74) is 1.41. The summed E-state index contributed by atoms with van der Waals surface area (Å²) in [6.07, 6.45) is 10.1. The number of unbranched alkanes of at least 4 members (excludes halogenated alkanes) is 7. The van der Waals surface area contributed by atoms with Gasteiger partial charge in [-0.2, -0.15) is 0 Å². The van der Waals surface area contributed by atoms with Crippen molar-refractivity contribution in [1.82, 2.24) is 10.2 Å². The zero-order valence-corrected chi connectivity index (χ0v) is 26.0. The number of carbonyl (C=O) groups excluding carboxylic acids is 2. The Morgan fingerprint density at radius 2 is 1.45 bits per heavy atom. The summed E-state index contributed by atoms with van der Waals surface area (Å²) in [6.45, 7) is 10.8. The highest BCUT2D eigenvalue weighted by Crippen LogP contribution is 2.27. The normalized spacial score (nSPS) is 11.0. The Bertz CT molecular complexity index is 1020. The average molecular weight is 585 g/mol. The summed E-state index contributed by atoms with van der Waals surface area (Å²) < 4.78 is 17.0. The second kappa shape index (κ2) is 21.4. The Balaban J connectivity index is 1.58. The highest BCUT2D eigenvalue weighted by atomic mass is 16.5. The Morgan fingerprint density at radius 1 is 0.786 bits per heavy atom. The van der Waals surface area contributed by atoms with Crippen LogP contribution >= 0.6 is 0 Å². The van der Waals surface area contributed by atoms with Crippen LogP contribution in [0.5, 0.6) is 17.2 Å². The van der Waals surface area contributed by atoms with Crippen molar-refractivity contribution in [2.75, 3.05) is 39.5 Å². The van der Waals surface area contributed by atoms with Crippen molar-refractivity contribution in [2.45, 2.75) is 91.5 Å². The van der Waals surface area contributed by atoms with E-state index in [-0.39, 0.29) is 17.6 Å². The van der Waals surface area contributed by atoms with Gasteiger partial charge in [-0.25, -0.2) is 4.79 Å². The van der Waals surface area contributed by atoms with Crippen LogP contribution in [0.15, 0.2) is 42.5 Å². The number of ether oxygens (including phenoxy) is 3. The van der Waals surface area contributed by atoms with E-state index in [0.29, 0.717) is 49.8 Å². The van der Waals surface area contributed by atoms with Gasteiger partial charge in [-0.05, 0) is 80.7 Å². The number of nitrogens with one attached hydrogen (secondary N) is 1. The lowest BCUT2D eigenvalue weighted by Crippen LogP contribution is -2.27. The first kappa shape index (κ1) is 34.9. The summed E-state index contributed by atoms with van der Waals surface area (Å²) in [4.78, 5) is 26.6. The van der Waals surface area contributed by atoms with Crippen molar-refractivity contribution >= 4 is 11.9 Å². The van der Waals surface area contributed by atoms with Gasteiger partial charge in [0.05, 0.1) is 18.8 Å². The van der Waals surface area contributed by atoms with Crippen molar-refractivity contribution < 1.29 is 28.9 Å². The molecule has 8 nitrogen and oxygen atoms in total. The lowest BCUT2D eigenvalue weighted by atomic mass is 10.1. The number of nitrogens with zero attached hydrogens (tertiary/aromatic N) is 1. The third kappa shape index (κ3) is 14.6. The Labute approximate surface area is 252 Å². The van der Waals surface area contributed by atoms with E-state index in [0.717, 1.165) is 57.3 Å². The highest BCUT2D eigenvalue weighted by Gasteiger charge is 2.09. The van der Waals surface area contributed by atoms with Crippen LogP contribution in [-0.2, 0) is 16.1 Å². The lowest BCUT2D eigenvalue weighted by molar-refractivity contribution is -0.121. The molecule has 234 valence electrons. The molecule has 2 aromatic rings. The summed E-state index contributed by atoms with van der Waals surface area (Å²) in [5, 5.41) is 13.1. The fraction of sp³-hybridized carbons (Fsp3) is 0.588. The van der Waals surface area contributed by atoms with Gasteiger partial charge in [0.25, 0.3) is 0 Å². The molecule has 0 bridgehead atoms. The molecule has 0 aromatic heterocycles. The average Bonchev–Trinajstić information content (AvgIpc) is 3.00. The summed E-state index contributed by atoms with van der Waals surface area (Å²) in [6, 6.07) is 12.2. The van der Waals surface area contributed by atoms with Crippen LogP contribution in [0.2, 0.25) is 0 Å². The molecule has 0 aliphatic heterocycles. The lowest BCUT2D eigenvalue weighted by Gasteiger charge is -2.17. The SMILES string of the molecule is CCCCCCCCC(=O)NCc1ccc(O)c(OCCCCCOc2ccc(C(=O)OCCN(CC)CC)cc2)c1. The fourth-order valence-corrected chi connectivity index (χ4v) is 4.47. The number of rotatable bonds is 23. The van der Waals surface area contributed by atoms with E-state index in [1.807, 2.05) is 0 Å². The van der Waals surface area contributed by atoms with E-state index in [9.17, 15) is 14.7 Å². The van der Waals surface area contributed by atoms with Crippen LogP contribution < -0.4 is 14.8 Å². The number of esters is 1. The number of hydrogen-bond acceptors (Lipinski definition) is 7. The summed E-state index contributed by atoms with van der Waals surface area (Å²) in [7, 11) is 0. The third-order valence-corrected chi connectivity index (χ3v) is 7.21. The number of benzene rings is 2. The van der Waals surface area contributed by atoms with Crippen LogP contribution in [0.4, 0.5) is 0 Å². The van der Waals surface area contributed by atoms with Crippen molar-refractivity contribution in [3.63, 3.8) is 0 Å². The van der Waals surface area contributed by atoms with Crippen LogP contribution in [0.25, 0.3) is 0 Å². The first-order valence-electron chi connectivity index (χ1n) is 15.8. The van der Waals surface area contributed by atoms with Crippen LogP contribution in [0.3, 0.4) is 0 Å². The predicted molar refractivity (Wildman–Crippen MR) is 167 cm³/mol. The van der Waals surface area contributed by atoms with Gasteiger partial charge < -0.3 is 29.5 Å². The minimum Gasteiger partial charge on any atom is -0.504 e. The molecule has 2 N–H and O–H groups in total. The topological polar surface area (TPSA) is 97.3 Å². The second-order valence-electron chi connectivity index (χ2n) is 10.5. The minimum atomic E-state index is -0.321. The van der Waals surface area contributed by atoms with E-state index >= 15 is 0 Å². The molecule has 0 radical (unpaired) electrons. The maximum absolute atomic E-state index is 12.2. The van der Waals surface area contributed by atoms with Crippen molar-refractivity contribution in [2.24, 2.45) is 0 Å². The molecule has 0 unspecified atom stereocenters. The van der Waals surface area contributed by atoms with Crippen LogP contribution in [0, 0.1) is 0 Å². The van der Waals surface area contributed by atoms with Gasteiger partial charge in [-0.3, -0.25) is 4.79 Å². The standard InChI is InChI=1S/C34H52N2O6/c1-4-7-8-9-10-12-15-33(38)35-27-28-16-21-31(37)32(26-28)41-24-14-11-13-23-40-30-19-17-29(18-20-30)34(39)42-25-22-36(5-2)6-3/h16-21,26,37H,4-15,22-25,27H2,1-3H3,(H,35,38). The zero-order valence-electron chi connectivity index (χ0n) is 26.0. The third-order valence-electron chi connectivity index (χ3n) is 7.21. The van der Waals surface area contributed by atoms with Crippen molar-refractivity contribution in [3.8, 4) is 17.2 Å². The molecule has 2 aromatic carbocycles. The molecular weight excluding hydrogens is 532 g/mol. The number of likely N-dealkylation sites (N-methyl/N-ethyl adjacent to an activating group) is 1. The predicted octanol–water partition coefficient (Wildman–Crippen LogP) is 6.89. The highest BCUT2D eigenvalue weighted by molar-refractivity contribution is 5.89. The zero-order chi connectivity index (χ0) is 30.4. The van der Waals surface area contributed by atoms with Gasteiger partial charge >= 0.3 is 5.97 Å². The molecule has 0 saturated heterocycles. The molecule has 0 spiro atoms. The van der Waals surface area contributed by atoms with Gasteiger partial charge in [0, 0.05) is 19.5 Å². The second-order valence-corrected chi connectivity index (χ2v) is 10.5. The number of carbonyl (C=O) groups is 2. The largest absolute Gasteiger partial charge is 0.504 e. The van der Waals surface area contributed by atoms with E-state index in [2.05, 4.69) is 31.0 Å².